The highest BCUT2D eigenvalue weighted by Gasteiger charge is 2.28. The van der Waals surface area contributed by atoms with Gasteiger partial charge in [-0.3, -0.25) is 4.79 Å². The largest absolute Gasteiger partial charge is 0.399 e. The number of amides is 1. The summed E-state index contributed by atoms with van der Waals surface area (Å²) in [5.41, 5.74) is 13.1. The third-order valence-electron chi connectivity index (χ3n) is 3.68. The summed E-state index contributed by atoms with van der Waals surface area (Å²) in [6.07, 6.45) is 2.24. The Morgan fingerprint density at radius 2 is 2.00 bits per heavy atom. The fourth-order valence-corrected chi connectivity index (χ4v) is 2.50. The minimum Gasteiger partial charge on any atom is -0.399 e. The minimum absolute atomic E-state index is 0.0200. The van der Waals surface area contributed by atoms with Crippen molar-refractivity contribution in [3.8, 4) is 0 Å². The fraction of sp³-hybridized carbons (Fsp3) is 0.500. The SMILES string of the molecule is CC1CCC(C)N(C(=O)c2ccc(N)cc2N)C1. The Morgan fingerprint density at radius 3 is 2.67 bits per heavy atom. The van der Waals surface area contributed by atoms with Crippen LogP contribution in [0.4, 0.5) is 11.4 Å². The monoisotopic (exact) mass is 247 g/mol. The molecule has 18 heavy (non-hydrogen) atoms. The standard InChI is InChI=1S/C14H21N3O/c1-9-3-4-10(2)17(8-9)14(18)12-6-5-11(15)7-13(12)16/h5-7,9-10H,3-4,8,15-16H2,1-2H3. The van der Waals surface area contributed by atoms with Crippen LogP contribution < -0.4 is 11.5 Å². The molecule has 1 fully saturated rings. The molecule has 1 aliphatic heterocycles. The number of nitrogens with zero attached hydrogens (tertiary/aromatic N) is 1. The first kappa shape index (κ1) is 12.7. The maximum atomic E-state index is 12.5. The van der Waals surface area contributed by atoms with Gasteiger partial charge < -0.3 is 16.4 Å². The smallest absolute Gasteiger partial charge is 0.256 e. The Balaban J connectivity index is 2.24. The van der Waals surface area contributed by atoms with Gasteiger partial charge in [-0.1, -0.05) is 6.92 Å². The second-order valence-corrected chi connectivity index (χ2v) is 5.34. The van der Waals surface area contributed by atoms with Gasteiger partial charge in [-0.15, -0.1) is 0 Å². The van der Waals surface area contributed by atoms with Crippen LogP contribution >= 0.6 is 0 Å². The molecule has 0 aliphatic carbocycles. The molecule has 2 atom stereocenters. The average molecular weight is 247 g/mol. The molecule has 4 heteroatoms. The predicted molar refractivity (Wildman–Crippen MR) is 74.2 cm³/mol. The van der Waals surface area contributed by atoms with Crippen molar-refractivity contribution in [2.45, 2.75) is 32.7 Å². The number of likely N-dealkylation sites (tertiary alicyclic amines) is 1. The van der Waals surface area contributed by atoms with E-state index in [1.165, 1.54) is 6.42 Å². The molecule has 2 rings (SSSR count). The number of nitrogen functional groups attached to an aromatic ring is 2. The van der Waals surface area contributed by atoms with Crippen LogP contribution in [0.5, 0.6) is 0 Å². The molecule has 1 aromatic carbocycles. The molecule has 1 amide bonds. The van der Waals surface area contributed by atoms with Gasteiger partial charge in [0, 0.05) is 24.0 Å². The molecule has 1 saturated heterocycles. The Morgan fingerprint density at radius 1 is 1.28 bits per heavy atom. The maximum Gasteiger partial charge on any atom is 0.256 e. The van der Waals surface area contributed by atoms with Gasteiger partial charge in [0.1, 0.15) is 0 Å². The topological polar surface area (TPSA) is 72.3 Å². The van der Waals surface area contributed by atoms with Crippen molar-refractivity contribution in [2.24, 2.45) is 5.92 Å². The molecular weight excluding hydrogens is 226 g/mol. The number of hydrogen-bond acceptors (Lipinski definition) is 3. The van der Waals surface area contributed by atoms with Gasteiger partial charge in [0.2, 0.25) is 0 Å². The highest BCUT2D eigenvalue weighted by molar-refractivity contribution is 5.99. The summed E-state index contributed by atoms with van der Waals surface area (Å²) >= 11 is 0. The van der Waals surface area contributed by atoms with E-state index in [2.05, 4.69) is 13.8 Å². The molecule has 98 valence electrons. The molecule has 0 spiro atoms. The maximum absolute atomic E-state index is 12.5. The quantitative estimate of drug-likeness (QED) is 0.746. The van der Waals surface area contributed by atoms with Crippen LogP contribution in [0.25, 0.3) is 0 Å². The van der Waals surface area contributed by atoms with E-state index < -0.39 is 0 Å². The van der Waals surface area contributed by atoms with E-state index >= 15 is 0 Å². The normalized spacial score (nSPS) is 24.0. The number of anilines is 2. The van der Waals surface area contributed by atoms with Gasteiger partial charge in [-0.25, -0.2) is 0 Å². The van der Waals surface area contributed by atoms with E-state index in [0.717, 1.165) is 13.0 Å². The lowest BCUT2D eigenvalue weighted by Crippen LogP contribution is -2.45. The van der Waals surface area contributed by atoms with Gasteiger partial charge in [0.05, 0.1) is 5.56 Å². The summed E-state index contributed by atoms with van der Waals surface area (Å²) in [5.74, 6) is 0.576. The van der Waals surface area contributed by atoms with Crippen LogP contribution in [0.2, 0.25) is 0 Å². The van der Waals surface area contributed by atoms with Crippen molar-refractivity contribution in [3.05, 3.63) is 23.8 Å². The average Bonchev–Trinajstić information content (AvgIpc) is 2.31. The number of hydrogen-bond donors (Lipinski definition) is 2. The number of carbonyl (C=O) groups is 1. The molecule has 0 aromatic heterocycles. The van der Waals surface area contributed by atoms with Gasteiger partial charge >= 0.3 is 0 Å². The van der Waals surface area contributed by atoms with E-state index in [4.69, 9.17) is 11.5 Å². The Bertz CT molecular complexity index is 458. The Hall–Kier alpha value is -1.71. The number of benzene rings is 1. The molecular formula is C14H21N3O. The molecule has 1 aliphatic rings. The molecule has 1 heterocycles. The minimum atomic E-state index is 0.0200. The van der Waals surface area contributed by atoms with E-state index in [9.17, 15) is 4.79 Å². The first-order valence-electron chi connectivity index (χ1n) is 6.45. The summed E-state index contributed by atoms with van der Waals surface area (Å²) in [6.45, 7) is 5.08. The van der Waals surface area contributed by atoms with Crippen LogP contribution in [0.3, 0.4) is 0 Å². The molecule has 0 radical (unpaired) electrons. The van der Waals surface area contributed by atoms with Crippen molar-refractivity contribution < 1.29 is 4.79 Å². The number of carbonyl (C=O) groups excluding carboxylic acids is 1. The van der Waals surface area contributed by atoms with Crippen molar-refractivity contribution in [2.75, 3.05) is 18.0 Å². The van der Waals surface area contributed by atoms with Crippen molar-refractivity contribution >= 4 is 17.3 Å². The van der Waals surface area contributed by atoms with E-state index in [0.29, 0.717) is 22.9 Å². The van der Waals surface area contributed by atoms with Gasteiger partial charge in [-0.05, 0) is 43.9 Å². The molecule has 1 aromatic rings. The lowest BCUT2D eigenvalue weighted by atomic mass is 9.94. The van der Waals surface area contributed by atoms with Crippen molar-refractivity contribution in [1.82, 2.24) is 4.90 Å². The van der Waals surface area contributed by atoms with Crippen LogP contribution in [-0.4, -0.2) is 23.4 Å². The predicted octanol–water partition coefficient (Wildman–Crippen LogP) is 2.11. The molecule has 0 saturated carbocycles. The van der Waals surface area contributed by atoms with Gasteiger partial charge in [0.15, 0.2) is 0 Å². The Kier molecular flexibility index (Phi) is 3.45. The summed E-state index contributed by atoms with van der Waals surface area (Å²) in [6, 6.07) is 5.37. The first-order valence-corrected chi connectivity index (χ1v) is 6.45. The van der Waals surface area contributed by atoms with Crippen LogP contribution in [0.1, 0.15) is 37.0 Å². The van der Waals surface area contributed by atoms with E-state index in [-0.39, 0.29) is 11.9 Å². The Labute approximate surface area is 108 Å². The van der Waals surface area contributed by atoms with Crippen LogP contribution in [0.15, 0.2) is 18.2 Å². The third-order valence-corrected chi connectivity index (χ3v) is 3.68. The van der Waals surface area contributed by atoms with Crippen LogP contribution in [-0.2, 0) is 0 Å². The molecule has 0 bridgehead atoms. The highest BCUT2D eigenvalue weighted by Crippen LogP contribution is 2.25. The van der Waals surface area contributed by atoms with Gasteiger partial charge in [-0.2, -0.15) is 0 Å². The zero-order valence-electron chi connectivity index (χ0n) is 11.0. The van der Waals surface area contributed by atoms with E-state index in [1.54, 1.807) is 18.2 Å². The fourth-order valence-electron chi connectivity index (χ4n) is 2.50. The number of rotatable bonds is 1. The molecule has 4 N–H and O–H groups in total. The first-order chi connectivity index (χ1) is 8.49. The molecule has 2 unspecified atom stereocenters. The second kappa shape index (κ2) is 4.88. The second-order valence-electron chi connectivity index (χ2n) is 5.34. The zero-order valence-corrected chi connectivity index (χ0v) is 11.0. The lowest BCUT2D eigenvalue weighted by Gasteiger charge is -2.37. The van der Waals surface area contributed by atoms with Crippen molar-refractivity contribution in [3.63, 3.8) is 0 Å². The summed E-state index contributed by atoms with van der Waals surface area (Å²) < 4.78 is 0. The summed E-state index contributed by atoms with van der Waals surface area (Å²) in [5, 5.41) is 0. The zero-order chi connectivity index (χ0) is 13.3. The van der Waals surface area contributed by atoms with Crippen LogP contribution in [0, 0.1) is 5.92 Å². The van der Waals surface area contributed by atoms with Gasteiger partial charge in [0.25, 0.3) is 5.91 Å². The number of piperidine rings is 1. The lowest BCUT2D eigenvalue weighted by molar-refractivity contribution is 0.0575. The summed E-state index contributed by atoms with van der Waals surface area (Å²) in [4.78, 5) is 14.4. The van der Waals surface area contributed by atoms with E-state index in [1.807, 2.05) is 4.90 Å². The highest BCUT2D eigenvalue weighted by atomic mass is 16.2. The van der Waals surface area contributed by atoms with Crippen molar-refractivity contribution in [1.29, 1.82) is 0 Å². The molecule has 4 nitrogen and oxygen atoms in total. The summed E-state index contributed by atoms with van der Waals surface area (Å²) in [7, 11) is 0. The number of nitrogens with two attached hydrogens (primary N) is 2. The third kappa shape index (κ3) is 2.42.